The lowest BCUT2D eigenvalue weighted by Crippen LogP contribution is -2.38. The van der Waals surface area contributed by atoms with Gasteiger partial charge in [0.15, 0.2) is 4.77 Å². The number of hydrogen-bond donors (Lipinski definition) is 1. The first kappa shape index (κ1) is 24.4. The number of carbonyl (C=O) groups is 1. The second kappa shape index (κ2) is 11.6. The molecule has 1 aliphatic rings. The number of amides is 1. The zero-order chi connectivity index (χ0) is 23.9. The number of carbonyl (C=O) groups excluding carboxylic acids is 1. The van der Waals surface area contributed by atoms with Crippen LogP contribution in [-0.4, -0.2) is 33.4 Å². The van der Waals surface area contributed by atoms with Crippen LogP contribution >= 0.6 is 12.2 Å². The summed E-state index contributed by atoms with van der Waals surface area (Å²) in [5.74, 6) is 0.993. The summed E-state index contributed by atoms with van der Waals surface area (Å²) in [6.07, 6.45) is 7.75. The van der Waals surface area contributed by atoms with Crippen LogP contribution in [0.1, 0.15) is 56.1 Å². The molecule has 180 valence electrons. The maximum atomic E-state index is 12.7. The van der Waals surface area contributed by atoms with Crippen LogP contribution in [0.15, 0.2) is 53.3 Å². The molecule has 1 aliphatic heterocycles. The molecule has 0 spiro atoms. The van der Waals surface area contributed by atoms with E-state index in [4.69, 9.17) is 12.2 Å². The number of benzene rings is 2. The highest BCUT2D eigenvalue weighted by Gasteiger charge is 2.22. The van der Waals surface area contributed by atoms with Gasteiger partial charge in [-0.2, -0.15) is 0 Å². The third-order valence-electron chi connectivity index (χ3n) is 7.09. The summed E-state index contributed by atoms with van der Waals surface area (Å²) in [5.41, 5.74) is 3.46. The molecule has 1 saturated heterocycles. The fourth-order valence-corrected chi connectivity index (χ4v) is 5.16. The summed E-state index contributed by atoms with van der Waals surface area (Å²) < 4.78 is 2.10. The van der Waals surface area contributed by atoms with E-state index in [1.54, 1.807) is 4.57 Å². The minimum atomic E-state index is -0.0410. The van der Waals surface area contributed by atoms with Crippen molar-refractivity contribution < 1.29 is 4.79 Å². The Bertz CT molecular complexity index is 1220. The van der Waals surface area contributed by atoms with Crippen molar-refractivity contribution in [1.29, 1.82) is 0 Å². The summed E-state index contributed by atoms with van der Waals surface area (Å²) in [6, 6.07) is 16.3. The van der Waals surface area contributed by atoms with Crippen molar-refractivity contribution in [2.75, 3.05) is 13.1 Å². The third-order valence-corrected chi connectivity index (χ3v) is 7.41. The molecule has 0 aliphatic carbocycles. The number of aromatic nitrogens is 2. The van der Waals surface area contributed by atoms with Gasteiger partial charge in [-0.3, -0.25) is 14.2 Å². The highest BCUT2D eigenvalue weighted by atomic mass is 32.1. The molecule has 4 rings (SSSR count). The van der Waals surface area contributed by atoms with E-state index in [9.17, 15) is 9.59 Å². The second-order valence-electron chi connectivity index (χ2n) is 9.59. The summed E-state index contributed by atoms with van der Waals surface area (Å²) in [4.78, 5) is 30.6. The van der Waals surface area contributed by atoms with Crippen LogP contribution in [0.2, 0.25) is 0 Å². The Labute approximate surface area is 206 Å². The quantitative estimate of drug-likeness (QED) is 0.313. The van der Waals surface area contributed by atoms with E-state index in [-0.39, 0.29) is 11.5 Å². The van der Waals surface area contributed by atoms with E-state index >= 15 is 0 Å². The highest BCUT2D eigenvalue weighted by molar-refractivity contribution is 7.71. The fourth-order valence-electron chi connectivity index (χ4n) is 4.88. The summed E-state index contributed by atoms with van der Waals surface area (Å²) >= 11 is 5.38. The Hall–Kier alpha value is -2.73. The largest absolute Gasteiger partial charge is 0.343 e. The van der Waals surface area contributed by atoms with Crippen LogP contribution in [0.4, 0.5) is 0 Å². The van der Waals surface area contributed by atoms with Gasteiger partial charge < -0.3 is 9.88 Å². The Morgan fingerprint density at radius 2 is 1.76 bits per heavy atom. The number of hydrogen-bond acceptors (Lipinski definition) is 3. The van der Waals surface area contributed by atoms with E-state index < -0.39 is 0 Å². The first-order chi connectivity index (χ1) is 16.5. The first-order valence-corrected chi connectivity index (χ1v) is 13.0. The monoisotopic (exact) mass is 477 g/mol. The lowest BCUT2D eigenvalue weighted by molar-refractivity contribution is -0.132. The Morgan fingerprint density at radius 1 is 1.03 bits per heavy atom. The number of piperidine rings is 1. The molecule has 2 heterocycles. The Balaban J connectivity index is 1.15. The second-order valence-corrected chi connectivity index (χ2v) is 9.98. The number of nitrogens with zero attached hydrogens (tertiary/aromatic N) is 2. The van der Waals surface area contributed by atoms with Gasteiger partial charge in [-0.25, -0.2) is 0 Å². The molecule has 5 nitrogen and oxygen atoms in total. The minimum Gasteiger partial charge on any atom is -0.343 e. The van der Waals surface area contributed by atoms with Crippen molar-refractivity contribution in [2.24, 2.45) is 5.92 Å². The Kier molecular flexibility index (Phi) is 8.33. The van der Waals surface area contributed by atoms with Crippen molar-refractivity contribution in [3.8, 4) is 0 Å². The number of nitrogens with one attached hydrogen (secondary N) is 1. The molecule has 0 bridgehead atoms. The average molecular weight is 478 g/mol. The van der Waals surface area contributed by atoms with Gasteiger partial charge >= 0.3 is 0 Å². The summed E-state index contributed by atoms with van der Waals surface area (Å²) in [5, 5.41) is 0.661. The zero-order valence-electron chi connectivity index (χ0n) is 20.1. The number of para-hydroxylation sites is 1. The zero-order valence-corrected chi connectivity index (χ0v) is 20.9. The number of fused-ring (bicyclic) bond motifs is 1. The van der Waals surface area contributed by atoms with Gasteiger partial charge in [-0.05, 0) is 81.3 Å². The van der Waals surface area contributed by atoms with Crippen LogP contribution in [0.3, 0.4) is 0 Å². The fraction of sp³-hybridized carbons (Fsp3) is 0.464. The van der Waals surface area contributed by atoms with E-state index in [1.807, 2.05) is 29.2 Å². The molecule has 3 aromatic rings. The summed E-state index contributed by atoms with van der Waals surface area (Å²) in [6.45, 7) is 4.48. The lowest BCUT2D eigenvalue weighted by atomic mass is 9.90. The van der Waals surface area contributed by atoms with Crippen molar-refractivity contribution in [2.45, 2.75) is 64.8 Å². The molecule has 6 heteroatoms. The number of likely N-dealkylation sites (tertiary alicyclic amines) is 1. The molecule has 1 amide bonds. The maximum absolute atomic E-state index is 12.7. The van der Waals surface area contributed by atoms with Gasteiger partial charge in [0.05, 0.1) is 10.9 Å². The van der Waals surface area contributed by atoms with E-state index in [1.165, 1.54) is 17.5 Å². The molecular formula is C28H35N3O2S. The van der Waals surface area contributed by atoms with E-state index in [0.29, 0.717) is 23.1 Å². The predicted octanol–water partition coefficient (Wildman–Crippen LogP) is 5.80. The molecule has 34 heavy (non-hydrogen) atoms. The molecular weight excluding hydrogens is 442 g/mol. The number of H-pyrrole nitrogens is 1. The van der Waals surface area contributed by atoms with Crippen LogP contribution in [0, 0.1) is 17.6 Å². The number of aryl methyl sites for hydroxylation is 2. The normalized spacial score (nSPS) is 14.6. The van der Waals surface area contributed by atoms with Gasteiger partial charge in [0, 0.05) is 26.1 Å². The molecule has 0 saturated carbocycles. The van der Waals surface area contributed by atoms with Gasteiger partial charge in [0.2, 0.25) is 5.91 Å². The molecule has 0 radical (unpaired) electrons. The van der Waals surface area contributed by atoms with Gasteiger partial charge in [-0.1, -0.05) is 48.4 Å². The smallest absolute Gasteiger partial charge is 0.262 e. The van der Waals surface area contributed by atoms with Gasteiger partial charge in [0.25, 0.3) is 5.56 Å². The molecule has 1 aromatic heterocycles. The number of aromatic amines is 1. The SMILES string of the molecule is Cc1ccc(CCC2CCN(C(=O)CCCCCn3c(=S)[nH]c4ccccc4c3=O)CC2)cc1. The highest BCUT2D eigenvalue weighted by Crippen LogP contribution is 2.23. The molecule has 1 fully saturated rings. The predicted molar refractivity (Wildman–Crippen MR) is 141 cm³/mol. The van der Waals surface area contributed by atoms with Gasteiger partial charge in [0.1, 0.15) is 0 Å². The minimum absolute atomic E-state index is 0.0410. The molecule has 0 unspecified atom stereocenters. The van der Waals surface area contributed by atoms with Crippen molar-refractivity contribution in [1.82, 2.24) is 14.5 Å². The topological polar surface area (TPSA) is 58.1 Å². The van der Waals surface area contributed by atoms with Crippen LogP contribution in [0.5, 0.6) is 0 Å². The van der Waals surface area contributed by atoms with Crippen LogP contribution in [-0.2, 0) is 17.8 Å². The average Bonchev–Trinajstić information content (AvgIpc) is 2.85. The van der Waals surface area contributed by atoms with E-state index in [0.717, 1.165) is 63.0 Å². The molecule has 2 aromatic carbocycles. The molecule has 0 atom stereocenters. The number of unbranched alkanes of at least 4 members (excludes halogenated alkanes) is 2. The van der Waals surface area contributed by atoms with Gasteiger partial charge in [-0.15, -0.1) is 0 Å². The number of rotatable bonds is 9. The van der Waals surface area contributed by atoms with Crippen molar-refractivity contribution >= 4 is 29.0 Å². The summed E-state index contributed by atoms with van der Waals surface area (Å²) in [7, 11) is 0. The Morgan fingerprint density at radius 3 is 2.53 bits per heavy atom. The third kappa shape index (κ3) is 6.23. The van der Waals surface area contributed by atoms with Crippen molar-refractivity contribution in [3.05, 3.63) is 74.8 Å². The van der Waals surface area contributed by atoms with E-state index in [2.05, 4.69) is 36.2 Å². The lowest BCUT2D eigenvalue weighted by Gasteiger charge is -2.32. The first-order valence-electron chi connectivity index (χ1n) is 12.6. The van der Waals surface area contributed by atoms with Crippen LogP contribution in [0.25, 0.3) is 10.9 Å². The standard InChI is InChI=1S/C28H35N3O2S/c1-21-10-12-22(13-11-21)14-15-23-16-19-30(20-17-23)26(32)9-3-2-6-18-31-27(33)24-7-4-5-8-25(24)29-28(31)34/h4-5,7-8,10-13,23H,2-3,6,9,14-20H2,1H3,(H,29,34). The molecule has 1 N–H and O–H groups in total. The van der Waals surface area contributed by atoms with Crippen molar-refractivity contribution in [3.63, 3.8) is 0 Å². The van der Waals surface area contributed by atoms with Crippen LogP contribution < -0.4 is 5.56 Å². The maximum Gasteiger partial charge on any atom is 0.262 e.